The predicted molar refractivity (Wildman–Crippen MR) is 89.8 cm³/mol. The third-order valence-electron chi connectivity index (χ3n) is 4.10. The van der Waals surface area contributed by atoms with Crippen LogP contribution in [0.15, 0.2) is 22.8 Å². The number of furan rings is 1. The Balaban J connectivity index is 2.11. The lowest BCUT2D eigenvalue weighted by Gasteiger charge is -2.29. The minimum atomic E-state index is -1.68. The summed E-state index contributed by atoms with van der Waals surface area (Å²) in [5.41, 5.74) is 3.39. The number of amides is 1. The summed E-state index contributed by atoms with van der Waals surface area (Å²) in [6.45, 7) is 6.91. The van der Waals surface area contributed by atoms with E-state index in [9.17, 15) is 14.4 Å². The molecule has 0 aromatic carbocycles. The van der Waals surface area contributed by atoms with E-state index >= 15 is 0 Å². The molecule has 2 rings (SSSR count). The molecule has 8 heteroatoms. The summed E-state index contributed by atoms with van der Waals surface area (Å²) < 4.78 is 21.3. The highest BCUT2D eigenvalue weighted by atomic mass is 16.6. The number of nitrogens with two attached hydrogens (primary N) is 1. The zero-order valence-corrected chi connectivity index (χ0v) is 15.4. The Labute approximate surface area is 151 Å². The number of hydrogen-bond donors (Lipinski definition) is 1. The van der Waals surface area contributed by atoms with Gasteiger partial charge in [0.05, 0.1) is 6.26 Å². The normalized spacial score (nSPS) is 24.5. The van der Waals surface area contributed by atoms with Crippen molar-refractivity contribution in [1.29, 1.82) is 0 Å². The highest BCUT2D eigenvalue weighted by molar-refractivity contribution is 5.99. The van der Waals surface area contributed by atoms with Crippen molar-refractivity contribution in [2.75, 3.05) is 6.61 Å². The maximum atomic E-state index is 12.7. The quantitative estimate of drug-likeness (QED) is 0.723. The second-order valence-electron chi connectivity index (χ2n) is 7.69. The Morgan fingerprint density at radius 1 is 1.42 bits per heavy atom. The summed E-state index contributed by atoms with van der Waals surface area (Å²) in [5, 5.41) is 0. The molecule has 2 N–H and O–H groups in total. The highest BCUT2D eigenvalue weighted by Crippen LogP contribution is 2.29. The minimum Gasteiger partial charge on any atom is -0.467 e. The van der Waals surface area contributed by atoms with E-state index in [0.29, 0.717) is 12.2 Å². The maximum Gasteiger partial charge on any atom is 0.336 e. The Hall–Kier alpha value is -2.19. The van der Waals surface area contributed by atoms with Gasteiger partial charge in [-0.05, 0) is 30.9 Å². The molecule has 3 unspecified atom stereocenters. The molecule has 3 atom stereocenters. The van der Waals surface area contributed by atoms with Gasteiger partial charge in [0.25, 0.3) is 5.91 Å². The first kappa shape index (κ1) is 20.1. The number of ether oxygens (including phenoxy) is 3. The van der Waals surface area contributed by atoms with E-state index in [1.54, 1.807) is 12.1 Å². The molecule has 1 aromatic rings. The first-order valence-corrected chi connectivity index (χ1v) is 8.34. The van der Waals surface area contributed by atoms with Gasteiger partial charge in [-0.15, -0.1) is 0 Å². The molecule has 0 radical (unpaired) electrons. The molecule has 0 spiro atoms. The fourth-order valence-corrected chi connectivity index (χ4v) is 2.59. The van der Waals surface area contributed by atoms with Crippen LogP contribution in [-0.4, -0.2) is 42.1 Å². The molecule has 1 aliphatic rings. The summed E-state index contributed by atoms with van der Waals surface area (Å²) in [4.78, 5) is 36.3. The van der Waals surface area contributed by atoms with E-state index in [1.165, 1.54) is 13.2 Å². The molecule has 1 aromatic heterocycles. The van der Waals surface area contributed by atoms with Gasteiger partial charge >= 0.3 is 5.97 Å². The molecule has 8 nitrogen and oxygen atoms in total. The zero-order valence-electron chi connectivity index (χ0n) is 15.4. The van der Waals surface area contributed by atoms with E-state index in [0.717, 1.165) is 0 Å². The van der Waals surface area contributed by atoms with Gasteiger partial charge in [-0.2, -0.15) is 0 Å². The molecule has 1 saturated heterocycles. The molecule has 26 heavy (non-hydrogen) atoms. The average Bonchev–Trinajstić information content (AvgIpc) is 3.14. The van der Waals surface area contributed by atoms with Crippen LogP contribution in [-0.2, 0) is 35.2 Å². The SMILES string of the molecule is CC(C)(C)CC(OCc1ccco1)C(=O)OC1C(=O)COC1(C)C(N)=O. The first-order chi connectivity index (χ1) is 12.0. The molecule has 144 valence electrons. The summed E-state index contributed by atoms with van der Waals surface area (Å²) in [6, 6.07) is 3.43. The number of primary amides is 1. The van der Waals surface area contributed by atoms with Crippen LogP contribution < -0.4 is 5.73 Å². The van der Waals surface area contributed by atoms with Crippen LogP contribution >= 0.6 is 0 Å². The molecule has 1 fully saturated rings. The molecular weight excluding hydrogens is 342 g/mol. The molecule has 0 aliphatic carbocycles. The summed E-state index contributed by atoms with van der Waals surface area (Å²) in [7, 11) is 0. The van der Waals surface area contributed by atoms with Gasteiger partial charge in [0.15, 0.2) is 17.8 Å². The topological polar surface area (TPSA) is 118 Å². The van der Waals surface area contributed by atoms with Gasteiger partial charge in [0.2, 0.25) is 5.78 Å². The lowest BCUT2D eigenvalue weighted by Crippen LogP contribution is -2.53. The molecule has 0 bridgehead atoms. The smallest absolute Gasteiger partial charge is 0.336 e. The number of rotatable bonds is 7. The predicted octanol–water partition coefficient (Wildman–Crippen LogP) is 1.36. The summed E-state index contributed by atoms with van der Waals surface area (Å²) in [6.07, 6.45) is -0.475. The van der Waals surface area contributed by atoms with Crippen molar-refractivity contribution >= 4 is 17.7 Å². The van der Waals surface area contributed by atoms with Crippen molar-refractivity contribution in [2.45, 2.75) is 58.5 Å². The number of esters is 1. The van der Waals surface area contributed by atoms with Crippen LogP contribution in [0.3, 0.4) is 0 Å². The lowest BCUT2D eigenvalue weighted by atomic mass is 9.89. The van der Waals surface area contributed by atoms with Crippen molar-refractivity contribution in [3.05, 3.63) is 24.2 Å². The van der Waals surface area contributed by atoms with Crippen LogP contribution in [0.4, 0.5) is 0 Å². The average molecular weight is 367 g/mol. The molecule has 1 aliphatic heterocycles. The van der Waals surface area contributed by atoms with E-state index in [1.807, 2.05) is 20.8 Å². The van der Waals surface area contributed by atoms with E-state index in [4.69, 9.17) is 24.4 Å². The minimum absolute atomic E-state index is 0.0745. The Bertz CT molecular complexity index is 662. The number of carbonyl (C=O) groups is 3. The lowest BCUT2D eigenvalue weighted by molar-refractivity contribution is -0.177. The number of Topliss-reactive ketones (excluding diaryl/α,β-unsaturated/α-hetero) is 1. The number of carbonyl (C=O) groups excluding carboxylic acids is 3. The van der Waals surface area contributed by atoms with Crippen molar-refractivity contribution in [3.63, 3.8) is 0 Å². The van der Waals surface area contributed by atoms with Crippen molar-refractivity contribution in [3.8, 4) is 0 Å². The van der Waals surface area contributed by atoms with Gasteiger partial charge in [-0.1, -0.05) is 20.8 Å². The standard InChI is InChI=1S/C18H25NO7/c1-17(2,3)8-13(24-9-11-6-5-7-23-11)15(21)26-14-12(20)10-25-18(14,4)16(19)22/h5-7,13-14H,8-10H2,1-4H3,(H2,19,22). The van der Waals surface area contributed by atoms with E-state index in [-0.39, 0.29) is 18.6 Å². The second kappa shape index (κ2) is 7.59. The van der Waals surface area contributed by atoms with Gasteiger partial charge in [-0.3, -0.25) is 9.59 Å². The summed E-state index contributed by atoms with van der Waals surface area (Å²) >= 11 is 0. The fourth-order valence-electron chi connectivity index (χ4n) is 2.59. The largest absolute Gasteiger partial charge is 0.467 e. The van der Waals surface area contributed by atoms with Crippen molar-refractivity contribution in [1.82, 2.24) is 0 Å². The third kappa shape index (κ3) is 4.70. The van der Waals surface area contributed by atoms with Crippen LogP contribution in [0, 0.1) is 5.41 Å². The Morgan fingerprint density at radius 2 is 2.12 bits per heavy atom. The van der Waals surface area contributed by atoms with Crippen LogP contribution in [0.1, 0.15) is 39.9 Å². The number of hydrogen-bond acceptors (Lipinski definition) is 7. The first-order valence-electron chi connectivity index (χ1n) is 8.34. The maximum absolute atomic E-state index is 12.7. The van der Waals surface area contributed by atoms with E-state index in [2.05, 4.69) is 0 Å². The van der Waals surface area contributed by atoms with Crippen molar-refractivity contribution in [2.24, 2.45) is 11.1 Å². The molecular formula is C18H25NO7. The van der Waals surface area contributed by atoms with E-state index < -0.39 is 35.5 Å². The fraction of sp³-hybridized carbons (Fsp3) is 0.611. The monoisotopic (exact) mass is 367 g/mol. The molecule has 1 amide bonds. The van der Waals surface area contributed by atoms with Gasteiger partial charge in [0, 0.05) is 0 Å². The van der Waals surface area contributed by atoms with Crippen LogP contribution in [0.2, 0.25) is 0 Å². The molecule has 2 heterocycles. The van der Waals surface area contributed by atoms with Crippen LogP contribution in [0.5, 0.6) is 0 Å². The van der Waals surface area contributed by atoms with Gasteiger partial charge < -0.3 is 24.4 Å². The van der Waals surface area contributed by atoms with Gasteiger partial charge in [-0.25, -0.2) is 4.79 Å². The zero-order chi connectivity index (χ0) is 19.5. The highest BCUT2D eigenvalue weighted by Gasteiger charge is 2.54. The second-order valence-corrected chi connectivity index (χ2v) is 7.69. The summed E-state index contributed by atoms with van der Waals surface area (Å²) in [5.74, 6) is -1.58. The molecule has 0 saturated carbocycles. The Morgan fingerprint density at radius 3 is 2.65 bits per heavy atom. The number of ketones is 1. The van der Waals surface area contributed by atoms with Crippen molar-refractivity contribution < 1.29 is 33.0 Å². The van der Waals surface area contributed by atoms with Gasteiger partial charge in [0.1, 0.15) is 19.0 Å². The third-order valence-corrected chi connectivity index (χ3v) is 4.10. The Kier molecular flexibility index (Phi) is 5.87. The van der Waals surface area contributed by atoms with Crippen LogP contribution in [0.25, 0.3) is 0 Å².